The molecule has 1 aliphatic rings. The standard InChI is InChI=1S/C15H17FN2O2/c1-11-8-18(5-6-19-11)9-14-10-20-15(17-14)12-3-2-4-13(16)7-12/h2-4,7,10-11H,5-6,8-9H2,1H3. The molecular formula is C15H17FN2O2. The van der Waals surface area contributed by atoms with Crippen LogP contribution >= 0.6 is 0 Å². The molecule has 0 N–H and O–H groups in total. The van der Waals surface area contributed by atoms with Gasteiger partial charge in [-0.1, -0.05) is 6.07 Å². The summed E-state index contributed by atoms with van der Waals surface area (Å²) < 4.78 is 24.1. The predicted octanol–water partition coefficient (Wildman–Crippen LogP) is 2.70. The van der Waals surface area contributed by atoms with Gasteiger partial charge in [-0.15, -0.1) is 0 Å². The second-order valence-corrected chi connectivity index (χ2v) is 5.07. The van der Waals surface area contributed by atoms with E-state index in [1.54, 1.807) is 18.4 Å². The highest BCUT2D eigenvalue weighted by molar-refractivity contribution is 5.52. The van der Waals surface area contributed by atoms with Crippen molar-refractivity contribution in [2.75, 3.05) is 19.7 Å². The Labute approximate surface area is 117 Å². The number of ether oxygens (including phenoxy) is 1. The summed E-state index contributed by atoms with van der Waals surface area (Å²) in [5.41, 5.74) is 1.52. The third-order valence-electron chi connectivity index (χ3n) is 3.33. The molecule has 0 aliphatic carbocycles. The topological polar surface area (TPSA) is 38.5 Å². The monoisotopic (exact) mass is 276 g/mol. The van der Waals surface area contributed by atoms with Crippen molar-refractivity contribution in [3.8, 4) is 11.5 Å². The van der Waals surface area contributed by atoms with Crippen molar-refractivity contribution in [2.24, 2.45) is 0 Å². The third-order valence-corrected chi connectivity index (χ3v) is 3.33. The maximum atomic E-state index is 13.2. The van der Waals surface area contributed by atoms with Crippen LogP contribution in [0.3, 0.4) is 0 Å². The van der Waals surface area contributed by atoms with E-state index in [1.165, 1.54) is 12.1 Å². The van der Waals surface area contributed by atoms with Gasteiger partial charge in [0.25, 0.3) is 0 Å². The summed E-state index contributed by atoms with van der Waals surface area (Å²) in [5.74, 6) is 0.171. The highest BCUT2D eigenvalue weighted by Crippen LogP contribution is 2.20. The number of oxazole rings is 1. The van der Waals surface area contributed by atoms with Gasteiger partial charge >= 0.3 is 0 Å². The molecule has 1 atom stereocenters. The minimum Gasteiger partial charge on any atom is -0.444 e. The van der Waals surface area contributed by atoms with Crippen molar-refractivity contribution >= 4 is 0 Å². The number of hydrogen-bond acceptors (Lipinski definition) is 4. The number of rotatable bonds is 3. The van der Waals surface area contributed by atoms with Crippen LogP contribution in [-0.4, -0.2) is 35.7 Å². The van der Waals surface area contributed by atoms with Crippen LogP contribution in [0.1, 0.15) is 12.6 Å². The molecule has 20 heavy (non-hydrogen) atoms. The molecule has 1 saturated heterocycles. The molecule has 1 aliphatic heterocycles. The van der Waals surface area contributed by atoms with E-state index in [1.807, 2.05) is 0 Å². The van der Waals surface area contributed by atoms with Gasteiger partial charge in [0.15, 0.2) is 0 Å². The maximum absolute atomic E-state index is 13.2. The van der Waals surface area contributed by atoms with Gasteiger partial charge in [0.2, 0.25) is 5.89 Å². The number of morpholine rings is 1. The number of benzene rings is 1. The molecule has 4 nitrogen and oxygen atoms in total. The van der Waals surface area contributed by atoms with Crippen LogP contribution in [0.15, 0.2) is 34.9 Å². The normalized spacial score (nSPS) is 20.2. The summed E-state index contributed by atoms with van der Waals surface area (Å²) >= 11 is 0. The van der Waals surface area contributed by atoms with Crippen molar-refractivity contribution in [3.05, 3.63) is 42.0 Å². The van der Waals surface area contributed by atoms with Gasteiger partial charge in [0.1, 0.15) is 12.1 Å². The van der Waals surface area contributed by atoms with Crippen molar-refractivity contribution in [2.45, 2.75) is 19.6 Å². The molecule has 2 aromatic rings. The van der Waals surface area contributed by atoms with E-state index < -0.39 is 0 Å². The van der Waals surface area contributed by atoms with Gasteiger partial charge in [-0.2, -0.15) is 0 Å². The second-order valence-electron chi connectivity index (χ2n) is 5.07. The molecule has 1 unspecified atom stereocenters. The van der Waals surface area contributed by atoms with Crippen LogP contribution in [0, 0.1) is 5.82 Å². The molecular weight excluding hydrogens is 259 g/mol. The van der Waals surface area contributed by atoms with Gasteiger partial charge < -0.3 is 9.15 Å². The first-order valence-electron chi connectivity index (χ1n) is 6.75. The summed E-state index contributed by atoms with van der Waals surface area (Å²) in [6, 6.07) is 6.27. The molecule has 0 saturated carbocycles. The molecule has 2 heterocycles. The summed E-state index contributed by atoms with van der Waals surface area (Å²) in [6.45, 7) is 5.32. The Kier molecular flexibility index (Phi) is 3.80. The van der Waals surface area contributed by atoms with E-state index in [0.717, 1.165) is 31.9 Å². The number of hydrogen-bond donors (Lipinski definition) is 0. The Morgan fingerprint density at radius 2 is 2.35 bits per heavy atom. The first-order valence-corrected chi connectivity index (χ1v) is 6.75. The van der Waals surface area contributed by atoms with Crippen molar-refractivity contribution in [1.29, 1.82) is 0 Å². The Balaban J connectivity index is 1.70. The molecule has 0 amide bonds. The molecule has 1 aromatic heterocycles. The largest absolute Gasteiger partial charge is 0.444 e. The second kappa shape index (κ2) is 5.73. The fraction of sp³-hybridized carbons (Fsp3) is 0.400. The summed E-state index contributed by atoms with van der Waals surface area (Å²) in [6.07, 6.45) is 1.89. The lowest BCUT2D eigenvalue weighted by Crippen LogP contribution is -2.40. The van der Waals surface area contributed by atoms with Gasteiger partial charge in [0.05, 0.1) is 18.4 Å². The molecule has 1 aromatic carbocycles. The van der Waals surface area contributed by atoms with Crippen LogP contribution in [0.5, 0.6) is 0 Å². The van der Waals surface area contributed by atoms with Gasteiger partial charge in [-0.05, 0) is 25.1 Å². The lowest BCUT2D eigenvalue weighted by atomic mass is 10.2. The highest BCUT2D eigenvalue weighted by Gasteiger charge is 2.18. The maximum Gasteiger partial charge on any atom is 0.226 e. The third kappa shape index (κ3) is 3.05. The zero-order valence-corrected chi connectivity index (χ0v) is 11.4. The average Bonchev–Trinajstić information content (AvgIpc) is 2.87. The van der Waals surface area contributed by atoms with Crippen LogP contribution in [-0.2, 0) is 11.3 Å². The molecule has 3 rings (SSSR count). The molecule has 5 heteroatoms. The van der Waals surface area contributed by atoms with Crippen LogP contribution in [0.2, 0.25) is 0 Å². The molecule has 0 spiro atoms. The van der Waals surface area contributed by atoms with E-state index in [-0.39, 0.29) is 11.9 Å². The van der Waals surface area contributed by atoms with Crippen molar-refractivity contribution in [3.63, 3.8) is 0 Å². The first kappa shape index (κ1) is 13.3. The lowest BCUT2D eigenvalue weighted by Gasteiger charge is -2.30. The van der Waals surface area contributed by atoms with E-state index >= 15 is 0 Å². The Bertz CT molecular complexity index is 585. The molecule has 0 radical (unpaired) electrons. The van der Waals surface area contributed by atoms with Gasteiger partial charge in [0, 0.05) is 25.2 Å². The van der Waals surface area contributed by atoms with Gasteiger partial charge in [-0.3, -0.25) is 4.90 Å². The SMILES string of the molecule is CC1CN(Cc2coc(-c3cccc(F)c3)n2)CCO1. The minimum atomic E-state index is -0.288. The zero-order chi connectivity index (χ0) is 13.9. The first-order chi connectivity index (χ1) is 9.70. The van der Waals surface area contributed by atoms with Crippen molar-refractivity contribution in [1.82, 2.24) is 9.88 Å². The van der Waals surface area contributed by atoms with E-state index in [9.17, 15) is 4.39 Å². The fourth-order valence-electron chi connectivity index (χ4n) is 2.40. The van der Waals surface area contributed by atoms with Crippen LogP contribution < -0.4 is 0 Å². The summed E-state index contributed by atoms with van der Waals surface area (Å²) in [5, 5.41) is 0. The lowest BCUT2D eigenvalue weighted by molar-refractivity contribution is -0.0215. The molecule has 106 valence electrons. The van der Waals surface area contributed by atoms with E-state index in [2.05, 4.69) is 16.8 Å². The Morgan fingerprint density at radius 3 is 3.15 bits per heavy atom. The predicted molar refractivity (Wildman–Crippen MR) is 72.6 cm³/mol. The Hall–Kier alpha value is -1.72. The summed E-state index contributed by atoms with van der Waals surface area (Å²) in [7, 11) is 0. The average molecular weight is 276 g/mol. The number of halogens is 1. The quantitative estimate of drug-likeness (QED) is 0.864. The van der Waals surface area contributed by atoms with E-state index in [4.69, 9.17) is 9.15 Å². The molecule has 0 bridgehead atoms. The Morgan fingerprint density at radius 1 is 1.45 bits per heavy atom. The zero-order valence-electron chi connectivity index (χ0n) is 11.4. The number of aromatic nitrogens is 1. The van der Waals surface area contributed by atoms with Crippen LogP contribution in [0.25, 0.3) is 11.5 Å². The van der Waals surface area contributed by atoms with Gasteiger partial charge in [-0.25, -0.2) is 9.37 Å². The number of nitrogens with zero attached hydrogens (tertiary/aromatic N) is 2. The fourth-order valence-corrected chi connectivity index (χ4v) is 2.40. The van der Waals surface area contributed by atoms with Crippen LogP contribution in [0.4, 0.5) is 4.39 Å². The minimum absolute atomic E-state index is 0.248. The van der Waals surface area contributed by atoms with Crippen molar-refractivity contribution < 1.29 is 13.5 Å². The highest BCUT2D eigenvalue weighted by atomic mass is 19.1. The smallest absolute Gasteiger partial charge is 0.226 e. The summed E-state index contributed by atoms with van der Waals surface area (Å²) in [4.78, 5) is 6.70. The molecule has 1 fully saturated rings. The van der Waals surface area contributed by atoms with E-state index in [0.29, 0.717) is 11.5 Å².